The van der Waals surface area contributed by atoms with Crippen LogP contribution in [0.3, 0.4) is 0 Å². The van der Waals surface area contributed by atoms with Crippen molar-refractivity contribution >= 4 is 11.8 Å². The summed E-state index contributed by atoms with van der Waals surface area (Å²) in [6.07, 6.45) is 9.42. The molecule has 3 aromatic rings. The molecule has 1 saturated heterocycles. The number of piperidine rings is 1. The van der Waals surface area contributed by atoms with E-state index in [1.54, 1.807) is 31.8 Å². The maximum absolute atomic E-state index is 13.1. The molecule has 2 amide bonds. The first kappa shape index (κ1) is 21.7. The van der Waals surface area contributed by atoms with Crippen LogP contribution >= 0.6 is 0 Å². The van der Waals surface area contributed by atoms with Gasteiger partial charge in [-0.3, -0.25) is 19.6 Å². The molecule has 1 N–H and O–H groups in total. The number of carbonyl (C=O) groups is 2. The predicted octanol–water partition coefficient (Wildman–Crippen LogP) is 3.28. The quantitative estimate of drug-likeness (QED) is 0.654. The van der Waals surface area contributed by atoms with Crippen molar-refractivity contribution in [3.05, 3.63) is 84.4 Å². The number of pyridine rings is 2. The van der Waals surface area contributed by atoms with Gasteiger partial charge in [0, 0.05) is 44.9 Å². The maximum atomic E-state index is 13.1. The molecular formula is C26H28N4O2. The molecule has 4 rings (SSSR count). The second kappa shape index (κ2) is 9.73. The number of likely N-dealkylation sites (tertiary alicyclic amines) is 1. The van der Waals surface area contributed by atoms with Crippen molar-refractivity contribution in [1.29, 1.82) is 0 Å². The van der Waals surface area contributed by atoms with Crippen molar-refractivity contribution in [1.82, 2.24) is 20.2 Å². The van der Waals surface area contributed by atoms with Crippen molar-refractivity contribution in [2.24, 2.45) is 5.41 Å². The summed E-state index contributed by atoms with van der Waals surface area (Å²) < 4.78 is 0. The van der Waals surface area contributed by atoms with Crippen LogP contribution in [0, 0.1) is 5.41 Å². The number of nitrogens with zero attached hydrogens (tertiary/aromatic N) is 3. The molecule has 32 heavy (non-hydrogen) atoms. The van der Waals surface area contributed by atoms with Gasteiger partial charge in [0.1, 0.15) is 0 Å². The predicted molar refractivity (Wildman–Crippen MR) is 124 cm³/mol. The summed E-state index contributed by atoms with van der Waals surface area (Å²) in [6.45, 7) is 1.10. The van der Waals surface area contributed by atoms with E-state index >= 15 is 0 Å². The van der Waals surface area contributed by atoms with E-state index in [4.69, 9.17) is 0 Å². The molecule has 0 aliphatic carbocycles. The van der Waals surface area contributed by atoms with Crippen LogP contribution in [0.4, 0.5) is 0 Å². The molecule has 0 saturated carbocycles. The van der Waals surface area contributed by atoms with Crippen LogP contribution in [0.15, 0.2) is 73.3 Å². The molecule has 6 heteroatoms. The molecule has 6 nitrogen and oxygen atoms in total. The van der Waals surface area contributed by atoms with Crippen LogP contribution < -0.4 is 5.32 Å². The third kappa shape index (κ3) is 4.85. The maximum Gasteiger partial charge on any atom is 0.228 e. The summed E-state index contributed by atoms with van der Waals surface area (Å²) in [5.74, 6) is 0.0298. The Labute approximate surface area is 188 Å². The Hall–Kier alpha value is -3.54. The smallest absolute Gasteiger partial charge is 0.228 e. The lowest BCUT2D eigenvalue weighted by molar-refractivity contribution is -0.141. The van der Waals surface area contributed by atoms with Crippen molar-refractivity contribution in [3.8, 4) is 11.1 Å². The average molecular weight is 429 g/mol. The lowest BCUT2D eigenvalue weighted by atomic mass is 9.74. The number of benzene rings is 1. The summed E-state index contributed by atoms with van der Waals surface area (Å²) in [4.78, 5) is 36.2. The fourth-order valence-corrected chi connectivity index (χ4v) is 4.60. The molecule has 1 aromatic carbocycles. The third-order valence-electron chi connectivity index (χ3n) is 6.20. The highest BCUT2D eigenvalue weighted by Gasteiger charge is 2.43. The zero-order valence-corrected chi connectivity index (χ0v) is 18.3. The lowest BCUT2D eigenvalue weighted by Gasteiger charge is -2.41. The second-order valence-corrected chi connectivity index (χ2v) is 8.43. The largest absolute Gasteiger partial charge is 0.359 e. The molecular weight excluding hydrogens is 400 g/mol. The van der Waals surface area contributed by atoms with Gasteiger partial charge in [-0.05, 0) is 59.7 Å². The standard InChI is InChI=1S/C26H28N4O2/c1-27-25(32)26(17-20-5-2-7-23(15-20)22-8-12-28-13-9-22)10-4-14-30(19-26)24(31)16-21-6-3-11-29-18-21/h2-3,5-9,11-13,15,18H,4,10,14,16-17,19H2,1H3,(H,27,32). The third-order valence-corrected chi connectivity index (χ3v) is 6.20. The van der Waals surface area contributed by atoms with E-state index in [0.717, 1.165) is 35.1 Å². The summed E-state index contributed by atoms with van der Waals surface area (Å²) in [7, 11) is 1.67. The summed E-state index contributed by atoms with van der Waals surface area (Å²) in [5, 5.41) is 2.86. The molecule has 2 aromatic heterocycles. The van der Waals surface area contributed by atoms with E-state index < -0.39 is 5.41 Å². The summed E-state index contributed by atoms with van der Waals surface area (Å²) >= 11 is 0. The number of rotatable bonds is 6. The number of aromatic nitrogens is 2. The van der Waals surface area contributed by atoms with E-state index in [-0.39, 0.29) is 11.8 Å². The SMILES string of the molecule is CNC(=O)C1(Cc2cccc(-c3ccncc3)c2)CCCN(C(=O)Cc2cccnc2)C1. The Morgan fingerprint density at radius 2 is 1.81 bits per heavy atom. The Bertz CT molecular complexity index is 1070. The molecule has 1 atom stereocenters. The molecule has 0 radical (unpaired) electrons. The average Bonchev–Trinajstić information content (AvgIpc) is 2.85. The lowest BCUT2D eigenvalue weighted by Crippen LogP contribution is -2.54. The minimum absolute atomic E-state index is 0.00862. The molecule has 0 spiro atoms. The molecule has 1 aliphatic rings. The number of nitrogens with one attached hydrogen (secondary N) is 1. The highest BCUT2D eigenvalue weighted by atomic mass is 16.2. The number of hydrogen-bond donors (Lipinski definition) is 1. The van der Waals surface area contributed by atoms with Crippen LogP contribution in [0.2, 0.25) is 0 Å². The van der Waals surface area contributed by atoms with Gasteiger partial charge >= 0.3 is 0 Å². The van der Waals surface area contributed by atoms with E-state index in [9.17, 15) is 9.59 Å². The fraction of sp³-hybridized carbons (Fsp3) is 0.308. The minimum Gasteiger partial charge on any atom is -0.359 e. The van der Waals surface area contributed by atoms with Gasteiger partial charge < -0.3 is 10.2 Å². The first-order chi connectivity index (χ1) is 15.6. The molecule has 3 heterocycles. The normalized spacial score (nSPS) is 18.2. The topological polar surface area (TPSA) is 75.2 Å². The zero-order chi connectivity index (χ0) is 22.4. The number of carbonyl (C=O) groups excluding carboxylic acids is 2. The fourth-order valence-electron chi connectivity index (χ4n) is 4.60. The van der Waals surface area contributed by atoms with Crippen molar-refractivity contribution < 1.29 is 9.59 Å². The van der Waals surface area contributed by atoms with Crippen LogP contribution in [-0.4, -0.2) is 46.8 Å². The van der Waals surface area contributed by atoms with Gasteiger partial charge in [0.25, 0.3) is 0 Å². The van der Waals surface area contributed by atoms with Gasteiger partial charge in [0.2, 0.25) is 11.8 Å². The monoisotopic (exact) mass is 428 g/mol. The van der Waals surface area contributed by atoms with Crippen molar-refractivity contribution in [3.63, 3.8) is 0 Å². The summed E-state index contributed by atoms with van der Waals surface area (Å²) in [6, 6.07) is 16.0. The van der Waals surface area contributed by atoms with E-state index in [1.165, 1.54) is 0 Å². The van der Waals surface area contributed by atoms with E-state index in [1.807, 2.05) is 35.2 Å². The summed E-state index contributed by atoms with van der Waals surface area (Å²) in [5.41, 5.74) is 3.52. The van der Waals surface area contributed by atoms with E-state index in [0.29, 0.717) is 25.9 Å². The van der Waals surface area contributed by atoms with Crippen LogP contribution in [0.1, 0.15) is 24.0 Å². The molecule has 1 aliphatic heterocycles. The molecule has 0 bridgehead atoms. The first-order valence-electron chi connectivity index (χ1n) is 11.0. The van der Waals surface area contributed by atoms with Crippen molar-refractivity contribution in [2.45, 2.75) is 25.7 Å². The Morgan fingerprint density at radius 1 is 1.00 bits per heavy atom. The molecule has 164 valence electrons. The molecule has 1 unspecified atom stereocenters. The van der Waals surface area contributed by atoms with Crippen LogP contribution in [-0.2, 0) is 22.4 Å². The highest BCUT2D eigenvalue weighted by molar-refractivity contribution is 5.85. The molecule has 1 fully saturated rings. The van der Waals surface area contributed by atoms with E-state index in [2.05, 4.69) is 33.5 Å². The first-order valence-corrected chi connectivity index (χ1v) is 11.0. The Kier molecular flexibility index (Phi) is 6.59. The van der Waals surface area contributed by atoms with Crippen LogP contribution in [0.5, 0.6) is 0 Å². The van der Waals surface area contributed by atoms with Crippen molar-refractivity contribution in [2.75, 3.05) is 20.1 Å². The zero-order valence-electron chi connectivity index (χ0n) is 18.3. The van der Waals surface area contributed by atoms with Gasteiger partial charge in [0.05, 0.1) is 11.8 Å². The van der Waals surface area contributed by atoms with Gasteiger partial charge in [-0.2, -0.15) is 0 Å². The van der Waals surface area contributed by atoms with Crippen LogP contribution in [0.25, 0.3) is 11.1 Å². The minimum atomic E-state index is -0.644. The Morgan fingerprint density at radius 3 is 2.56 bits per heavy atom. The van der Waals surface area contributed by atoms with Gasteiger partial charge in [-0.25, -0.2) is 0 Å². The van der Waals surface area contributed by atoms with Gasteiger partial charge in [-0.15, -0.1) is 0 Å². The number of hydrogen-bond acceptors (Lipinski definition) is 4. The van der Waals surface area contributed by atoms with Gasteiger partial charge in [-0.1, -0.05) is 30.3 Å². The number of amides is 2. The second-order valence-electron chi connectivity index (χ2n) is 8.43. The van der Waals surface area contributed by atoms with Gasteiger partial charge in [0.15, 0.2) is 0 Å². The Balaban J connectivity index is 1.56. The highest BCUT2D eigenvalue weighted by Crippen LogP contribution is 2.35.